The lowest BCUT2D eigenvalue weighted by atomic mass is 9.94. The number of benzene rings is 1. The molecule has 0 bridgehead atoms. The van der Waals surface area contributed by atoms with Crippen LogP contribution in [0.2, 0.25) is 5.02 Å². The third kappa shape index (κ3) is 5.52. The Hall–Kier alpha value is -2.69. The van der Waals surface area contributed by atoms with Crippen molar-refractivity contribution < 1.29 is 32.8 Å². The summed E-state index contributed by atoms with van der Waals surface area (Å²) in [5.74, 6) is -0.595. The third-order valence-electron chi connectivity index (χ3n) is 4.79. The zero-order valence-electron chi connectivity index (χ0n) is 16.5. The van der Waals surface area contributed by atoms with Crippen LogP contribution < -0.4 is 10.2 Å². The second-order valence-electron chi connectivity index (χ2n) is 7.30. The van der Waals surface area contributed by atoms with Gasteiger partial charge in [-0.05, 0) is 36.1 Å². The van der Waals surface area contributed by atoms with E-state index in [1.807, 2.05) is 0 Å². The smallest absolute Gasteiger partial charge is 0.390 e. The Bertz CT molecular complexity index is 957. The number of guanidine groups is 1. The molecular formula is C20H21ClF3N4O3+. The largest absolute Gasteiger partial charge is 0.433 e. The summed E-state index contributed by atoms with van der Waals surface area (Å²) in [6, 6.07) is 5.20. The quantitative estimate of drug-likeness (QED) is 0.635. The van der Waals surface area contributed by atoms with Crippen LogP contribution >= 0.6 is 11.6 Å². The Morgan fingerprint density at radius 1 is 1.29 bits per heavy atom. The number of nitrogens with one attached hydrogen (secondary N) is 2. The van der Waals surface area contributed by atoms with Crippen molar-refractivity contribution >= 4 is 29.6 Å². The number of rotatable bonds is 5. The lowest BCUT2D eigenvalue weighted by Crippen LogP contribution is -3.22. The van der Waals surface area contributed by atoms with E-state index < -0.39 is 36.3 Å². The first-order valence-corrected chi connectivity index (χ1v) is 9.89. The highest BCUT2D eigenvalue weighted by atomic mass is 35.5. The molecule has 0 radical (unpaired) electrons. The molecule has 1 aliphatic heterocycles. The first kappa shape index (κ1) is 23.0. The number of hydrogen-bond donors (Lipinski definition) is 3. The van der Waals surface area contributed by atoms with Gasteiger partial charge in [-0.1, -0.05) is 36.7 Å². The van der Waals surface area contributed by atoms with E-state index in [4.69, 9.17) is 11.6 Å². The molecule has 1 aromatic rings. The van der Waals surface area contributed by atoms with Crippen LogP contribution in [0.3, 0.4) is 0 Å². The van der Waals surface area contributed by atoms with E-state index in [0.717, 1.165) is 11.0 Å². The van der Waals surface area contributed by atoms with Crippen LogP contribution in [0.1, 0.15) is 18.9 Å². The number of quaternary nitrogens is 1. The SMILES string of the molecule is C[C@H]1C=C(N=C2NC(=O)[NH+](CCO)C(=O)N2Cc2ccc(Cl)cc2)C=C(C(F)(F)F)C1. The zero-order chi connectivity index (χ0) is 22.8. The number of imide groups is 1. The highest BCUT2D eigenvalue weighted by Crippen LogP contribution is 2.35. The molecule has 1 fully saturated rings. The summed E-state index contributed by atoms with van der Waals surface area (Å²) in [7, 11) is 0. The molecule has 2 atom stereocenters. The standard InChI is InChI=1S/C20H20ClF3N4O3/c1-12-8-14(20(22,23)24)10-16(9-12)25-17-26-18(30)27(6-7-29)19(31)28(17)11-13-2-4-15(21)5-3-13/h2-5,9-10,12,29H,6-8,11H2,1H3,(H,25,26,30)/p+1/t12-/m1/s1. The zero-order valence-corrected chi connectivity index (χ0v) is 17.3. The fourth-order valence-electron chi connectivity index (χ4n) is 3.31. The molecule has 0 aromatic heterocycles. The number of aliphatic hydroxyl groups is 1. The molecule has 3 rings (SSSR count). The van der Waals surface area contributed by atoms with Gasteiger partial charge in [0.05, 0.1) is 18.8 Å². The molecular weight excluding hydrogens is 437 g/mol. The monoisotopic (exact) mass is 457 g/mol. The van der Waals surface area contributed by atoms with Gasteiger partial charge in [0, 0.05) is 10.6 Å². The highest BCUT2D eigenvalue weighted by molar-refractivity contribution is 6.30. The third-order valence-corrected chi connectivity index (χ3v) is 5.04. The van der Waals surface area contributed by atoms with Crippen molar-refractivity contribution in [3.8, 4) is 0 Å². The molecule has 166 valence electrons. The van der Waals surface area contributed by atoms with Crippen molar-refractivity contribution in [2.75, 3.05) is 13.2 Å². The van der Waals surface area contributed by atoms with Crippen LogP contribution in [0.5, 0.6) is 0 Å². The van der Waals surface area contributed by atoms with Crippen LogP contribution in [0.4, 0.5) is 22.8 Å². The van der Waals surface area contributed by atoms with E-state index in [-0.39, 0.29) is 36.1 Å². The van der Waals surface area contributed by atoms with Crippen LogP contribution in [-0.2, 0) is 6.54 Å². The average Bonchev–Trinajstić information content (AvgIpc) is 2.68. The normalized spacial score (nSPS) is 23.5. The van der Waals surface area contributed by atoms with E-state index in [0.29, 0.717) is 10.6 Å². The van der Waals surface area contributed by atoms with E-state index in [1.165, 1.54) is 0 Å². The fraction of sp³-hybridized carbons (Fsp3) is 0.350. The molecule has 1 saturated heterocycles. The molecule has 0 spiro atoms. The molecule has 1 aliphatic carbocycles. The molecule has 3 N–H and O–H groups in total. The Labute approximate surface area is 181 Å². The van der Waals surface area contributed by atoms with E-state index in [2.05, 4.69) is 10.3 Å². The minimum atomic E-state index is -4.50. The number of carbonyl (C=O) groups excluding carboxylic acids is 2. The van der Waals surface area contributed by atoms with E-state index in [1.54, 1.807) is 37.3 Å². The molecule has 31 heavy (non-hydrogen) atoms. The van der Waals surface area contributed by atoms with Crippen molar-refractivity contribution in [2.45, 2.75) is 26.1 Å². The summed E-state index contributed by atoms with van der Waals surface area (Å²) in [5.41, 5.74) is -0.0598. The van der Waals surface area contributed by atoms with Gasteiger partial charge in [-0.25, -0.2) is 24.8 Å². The van der Waals surface area contributed by atoms with E-state index in [9.17, 15) is 27.9 Å². The summed E-state index contributed by atoms with van der Waals surface area (Å²) in [5, 5.41) is 12.1. The summed E-state index contributed by atoms with van der Waals surface area (Å²) < 4.78 is 39.6. The maximum absolute atomic E-state index is 13.2. The summed E-state index contributed by atoms with van der Waals surface area (Å²) in [6.45, 7) is 1.06. The number of aliphatic hydroxyl groups excluding tert-OH is 1. The Morgan fingerprint density at radius 2 is 1.97 bits per heavy atom. The molecule has 2 aliphatic rings. The van der Waals surface area contributed by atoms with Gasteiger partial charge < -0.3 is 5.11 Å². The highest BCUT2D eigenvalue weighted by Gasteiger charge is 2.42. The van der Waals surface area contributed by atoms with Gasteiger partial charge in [0.2, 0.25) is 5.96 Å². The number of allylic oxidation sites excluding steroid dienone is 3. The number of carbonyl (C=O) groups is 2. The molecule has 11 heteroatoms. The average molecular weight is 458 g/mol. The van der Waals surface area contributed by atoms with Crippen LogP contribution in [0.15, 0.2) is 52.7 Å². The van der Waals surface area contributed by atoms with Gasteiger partial charge in [-0.2, -0.15) is 18.1 Å². The fourth-order valence-corrected chi connectivity index (χ4v) is 3.44. The van der Waals surface area contributed by atoms with Gasteiger partial charge in [-0.3, -0.25) is 0 Å². The molecule has 1 unspecified atom stereocenters. The second-order valence-corrected chi connectivity index (χ2v) is 7.74. The van der Waals surface area contributed by atoms with Crippen molar-refractivity contribution in [3.63, 3.8) is 0 Å². The molecule has 1 heterocycles. The maximum atomic E-state index is 13.2. The van der Waals surface area contributed by atoms with Crippen molar-refractivity contribution in [1.29, 1.82) is 0 Å². The number of nitrogens with zero attached hydrogens (tertiary/aromatic N) is 2. The summed E-state index contributed by atoms with van der Waals surface area (Å²) >= 11 is 5.89. The maximum Gasteiger partial charge on any atom is 0.433 e. The van der Waals surface area contributed by atoms with Gasteiger partial charge >= 0.3 is 18.2 Å². The lowest BCUT2D eigenvalue weighted by molar-refractivity contribution is -0.732. The molecule has 1 aromatic carbocycles. The minimum Gasteiger partial charge on any atom is -0.390 e. The number of hydrogen-bond acceptors (Lipinski definition) is 4. The van der Waals surface area contributed by atoms with Crippen LogP contribution in [0.25, 0.3) is 0 Å². The molecule has 0 saturated carbocycles. The van der Waals surface area contributed by atoms with Crippen molar-refractivity contribution in [3.05, 3.63) is 58.3 Å². The van der Waals surface area contributed by atoms with E-state index >= 15 is 0 Å². The van der Waals surface area contributed by atoms with Gasteiger partial charge in [0.1, 0.15) is 6.54 Å². The van der Waals surface area contributed by atoms with Crippen LogP contribution in [-0.4, -0.2) is 47.4 Å². The predicted octanol–water partition coefficient (Wildman–Crippen LogP) is 2.63. The Morgan fingerprint density at radius 3 is 2.58 bits per heavy atom. The van der Waals surface area contributed by atoms with Crippen molar-refractivity contribution in [2.24, 2.45) is 10.9 Å². The van der Waals surface area contributed by atoms with Crippen LogP contribution in [0, 0.1) is 5.92 Å². The first-order valence-electron chi connectivity index (χ1n) is 9.51. The Kier molecular flexibility index (Phi) is 6.83. The van der Waals surface area contributed by atoms with Gasteiger partial charge in [0.25, 0.3) is 0 Å². The molecule has 7 nitrogen and oxygen atoms in total. The second kappa shape index (κ2) is 9.21. The van der Waals surface area contributed by atoms with Gasteiger partial charge in [-0.15, -0.1) is 0 Å². The number of aliphatic imine (C=N–C) groups is 1. The number of amides is 4. The summed E-state index contributed by atoms with van der Waals surface area (Å²) in [4.78, 5) is 30.5. The predicted molar refractivity (Wildman–Crippen MR) is 107 cm³/mol. The topological polar surface area (TPSA) is 86.4 Å². The number of alkyl halides is 3. The van der Waals surface area contributed by atoms with Crippen molar-refractivity contribution in [1.82, 2.24) is 10.2 Å². The lowest BCUT2D eigenvalue weighted by Gasteiger charge is -2.30. The molecule has 4 amide bonds. The van der Waals surface area contributed by atoms with Gasteiger partial charge in [0.15, 0.2) is 0 Å². The Balaban J connectivity index is 1.98. The number of urea groups is 2. The number of halogens is 4. The summed E-state index contributed by atoms with van der Waals surface area (Å²) in [6.07, 6.45) is -2.21. The first-order chi connectivity index (χ1) is 14.6. The minimum absolute atomic E-state index is 0.000823.